The number of fused-ring (bicyclic) bond motifs is 4. The van der Waals surface area contributed by atoms with E-state index < -0.39 is 12.1 Å². The number of anilines is 1. The molecule has 32 heavy (non-hydrogen) atoms. The fraction of sp³-hybridized carbons (Fsp3) is 0.308. The maximum atomic E-state index is 12.7. The Morgan fingerprint density at radius 3 is 2.66 bits per heavy atom. The molecule has 1 atom stereocenters. The van der Waals surface area contributed by atoms with E-state index in [0.29, 0.717) is 10.6 Å². The number of amides is 1. The molecule has 0 saturated carbocycles. The van der Waals surface area contributed by atoms with Gasteiger partial charge in [0, 0.05) is 38.9 Å². The number of benzene rings is 2. The quantitative estimate of drug-likeness (QED) is 0.386. The first-order valence-corrected chi connectivity index (χ1v) is 12.0. The lowest BCUT2D eigenvalue weighted by molar-refractivity contribution is -0.123. The van der Waals surface area contributed by atoms with Crippen LogP contribution < -0.4 is 5.32 Å². The summed E-state index contributed by atoms with van der Waals surface area (Å²) in [5.74, 6) is -0.758. The third-order valence-electron chi connectivity index (χ3n) is 6.21. The number of nitrogens with zero attached hydrogens (tertiary/aromatic N) is 1. The van der Waals surface area contributed by atoms with Crippen LogP contribution in [0.15, 0.2) is 48.5 Å². The average molecular weight is 447 g/mol. The maximum Gasteiger partial charge on any atom is 0.349 e. The third-order valence-corrected chi connectivity index (χ3v) is 7.42. The van der Waals surface area contributed by atoms with Gasteiger partial charge in [-0.25, -0.2) is 4.79 Å². The number of esters is 1. The van der Waals surface area contributed by atoms with Gasteiger partial charge >= 0.3 is 5.97 Å². The minimum absolute atomic E-state index is 0.335. The van der Waals surface area contributed by atoms with Crippen molar-refractivity contribution in [2.75, 3.05) is 5.32 Å². The average Bonchev–Trinajstić information content (AvgIpc) is 3.38. The zero-order chi connectivity index (χ0) is 22.2. The van der Waals surface area contributed by atoms with Gasteiger partial charge in [0.15, 0.2) is 6.10 Å². The molecule has 0 radical (unpaired) electrons. The summed E-state index contributed by atoms with van der Waals surface area (Å²) in [5, 5.41) is 5.16. The van der Waals surface area contributed by atoms with Gasteiger partial charge in [-0.05, 0) is 75.4 Å². The maximum absolute atomic E-state index is 12.7. The molecule has 1 N–H and O–H groups in total. The summed E-state index contributed by atoms with van der Waals surface area (Å²) in [7, 11) is 0. The largest absolute Gasteiger partial charge is 0.448 e. The molecule has 2 aromatic heterocycles. The highest BCUT2D eigenvalue weighted by Crippen LogP contribution is 2.32. The SMILES string of the molecule is CCn1c2ccccc2c2cc(NC(=O)C(C)OC(=O)c3cc4c(s3)CCCC4)ccc21. The van der Waals surface area contributed by atoms with Crippen molar-refractivity contribution >= 4 is 50.7 Å². The summed E-state index contributed by atoms with van der Waals surface area (Å²) in [6.07, 6.45) is 3.50. The van der Waals surface area contributed by atoms with Crippen LogP contribution in [0.4, 0.5) is 5.69 Å². The van der Waals surface area contributed by atoms with E-state index in [1.54, 1.807) is 6.92 Å². The summed E-state index contributed by atoms with van der Waals surface area (Å²) in [4.78, 5) is 27.2. The van der Waals surface area contributed by atoms with E-state index in [1.165, 1.54) is 33.7 Å². The second-order valence-corrected chi connectivity index (χ2v) is 9.43. The standard InChI is InChI=1S/C26H26N2O3S/c1-3-28-21-10-6-5-9-19(21)20-15-18(12-13-22(20)28)27-25(29)16(2)31-26(30)24-14-17-8-4-7-11-23(17)32-24/h5-6,9-10,12-16H,3-4,7-8,11H2,1-2H3,(H,27,29). The highest BCUT2D eigenvalue weighted by Gasteiger charge is 2.23. The normalized spacial score (nSPS) is 14.3. The Kier molecular flexibility index (Phi) is 5.47. The molecule has 6 heteroatoms. The van der Waals surface area contributed by atoms with Gasteiger partial charge in [-0.15, -0.1) is 11.3 Å². The van der Waals surface area contributed by atoms with Crippen LogP contribution in [0, 0.1) is 0 Å². The van der Waals surface area contributed by atoms with Gasteiger partial charge in [0.1, 0.15) is 4.88 Å². The zero-order valence-electron chi connectivity index (χ0n) is 18.3. The van der Waals surface area contributed by atoms with Crippen LogP contribution in [0.3, 0.4) is 0 Å². The molecule has 0 aliphatic heterocycles. The summed E-state index contributed by atoms with van der Waals surface area (Å²) in [5.41, 5.74) is 4.25. The molecule has 1 aliphatic rings. The molecule has 0 saturated heterocycles. The van der Waals surface area contributed by atoms with E-state index in [0.717, 1.165) is 42.1 Å². The molecule has 164 valence electrons. The zero-order valence-corrected chi connectivity index (χ0v) is 19.1. The van der Waals surface area contributed by atoms with E-state index in [2.05, 4.69) is 28.9 Å². The molecular formula is C26H26N2O3S. The minimum atomic E-state index is -0.880. The van der Waals surface area contributed by atoms with E-state index in [-0.39, 0.29) is 5.91 Å². The number of carbonyl (C=O) groups excluding carboxylic acids is 2. The van der Waals surface area contributed by atoms with Crippen LogP contribution in [0.5, 0.6) is 0 Å². The molecular weight excluding hydrogens is 420 g/mol. The number of nitrogens with one attached hydrogen (secondary N) is 1. The van der Waals surface area contributed by atoms with Crippen LogP contribution >= 0.6 is 11.3 Å². The second-order valence-electron chi connectivity index (χ2n) is 8.30. The molecule has 0 fully saturated rings. The number of para-hydroxylation sites is 1. The van der Waals surface area contributed by atoms with Gasteiger partial charge in [-0.1, -0.05) is 18.2 Å². The number of thiophene rings is 1. The molecule has 1 aliphatic carbocycles. The van der Waals surface area contributed by atoms with Crippen molar-refractivity contribution in [1.82, 2.24) is 4.57 Å². The summed E-state index contributed by atoms with van der Waals surface area (Å²) in [6, 6.07) is 16.1. The molecule has 2 aromatic carbocycles. The van der Waals surface area contributed by atoms with E-state index >= 15 is 0 Å². The van der Waals surface area contributed by atoms with E-state index in [4.69, 9.17) is 4.74 Å². The van der Waals surface area contributed by atoms with Crippen molar-refractivity contribution in [3.8, 4) is 0 Å². The van der Waals surface area contributed by atoms with Crippen LogP contribution in [-0.2, 0) is 28.9 Å². The summed E-state index contributed by atoms with van der Waals surface area (Å²) < 4.78 is 7.75. The number of hydrogen-bond donors (Lipinski definition) is 1. The van der Waals surface area contributed by atoms with Crippen molar-refractivity contribution in [2.24, 2.45) is 0 Å². The van der Waals surface area contributed by atoms with E-state index in [1.807, 2.05) is 36.4 Å². The number of carbonyl (C=O) groups is 2. The Labute approximate surface area is 191 Å². The first-order chi connectivity index (χ1) is 15.5. The van der Waals surface area contributed by atoms with Crippen LogP contribution in [0.25, 0.3) is 21.8 Å². The van der Waals surface area contributed by atoms with Gasteiger partial charge in [0.05, 0.1) is 0 Å². The third kappa shape index (κ3) is 3.69. The second kappa shape index (κ2) is 8.43. The lowest BCUT2D eigenvalue weighted by Gasteiger charge is -2.13. The minimum Gasteiger partial charge on any atom is -0.448 e. The van der Waals surface area contributed by atoms with Crippen molar-refractivity contribution < 1.29 is 14.3 Å². The van der Waals surface area contributed by atoms with Crippen molar-refractivity contribution in [2.45, 2.75) is 52.2 Å². The molecule has 5 nitrogen and oxygen atoms in total. The molecule has 5 rings (SSSR count). The predicted octanol–water partition coefficient (Wildman–Crippen LogP) is 5.94. The Bertz CT molecular complexity index is 1310. The Morgan fingerprint density at radius 1 is 1.06 bits per heavy atom. The van der Waals surface area contributed by atoms with Crippen LogP contribution in [0.1, 0.15) is 46.8 Å². The Morgan fingerprint density at radius 2 is 1.84 bits per heavy atom. The first kappa shape index (κ1) is 20.8. The smallest absolute Gasteiger partial charge is 0.349 e. The number of hydrogen-bond acceptors (Lipinski definition) is 4. The van der Waals surface area contributed by atoms with Gasteiger partial charge in [0.2, 0.25) is 0 Å². The molecule has 1 amide bonds. The van der Waals surface area contributed by atoms with Crippen molar-refractivity contribution in [3.05, 3.63) is 63.8 Å². The molecule has 1 unspecified atom stereocenters. The first-order valence-electron chi connectivity index (χ1n) is 11.2. The number of aryl methyl sites for hydroxylation is 3. The van der Waals surface area contributed by atoms with Gasteiger partial charge in [0.25, 0.3) is 5.91 Å². The van der Waals surface area contributed by atoms with Crippen LogP contribution in [-0.4, -0.2) is 22.5 Å². The van der Waals surface area contributed by atoms with Crippen LogP contribution in [0.2, 0.25) is 0 Å². The van der Waals surface area contributed by atoms with Crippen molar-refractivity contribution in [3.63, 3.8) is 0 Å². The summed E-state index contributed by atoms with van der Waals surface area (Å²) >= 11 is 1.50. The monoisotopic (exact) mass is 446 g/mol. The number of aromatic nitrogens is 1. The lowest BCUT2D eigenvalue weighted by Crippen LogP contribution is -2.29. The summed E-state index contributed by atoms with van der Waals surface area (Å²) in [6.45, 7) is 4.61. The van der Waals surface area contributed by atoms with Gasteiger partial charge in [-0.3, -0.25) is 4.79 Å². The lowest BCUT2D eigenvalue weighted by atomic mass is 9.99. The molecule has 2 heterocycles. The Hall–Kier alpha value is -3.12. The molecule has 4 aromatic rings. The number of ether oxygens (including phenoxy) is 1. The number of rotatable bonds is 5. The highest BCUT2D eigenvalue weighted by atomic mass is 32.1. The van der Waals surface area contributed by atoms with Gasteiger partial charge < -0.3 is 14.6 Å². The van der Waals surface area contributed by atoms with Crippen molar-refractivity contribution in [1.29, 1.82) is 0 Å². The predicted molar refractivity (Wildman–Crippen MR) is 130 cm³/mol. The molecule has 0 spiro atoms. The van der Waals surface area contributed by atoms with E-state index in [9.17, 15) is 9.59 Å². The fourth-order valence-corrected chi connectivity index (χ4v) is 5.72. The Balaban J connectivity index is 1.32. The molecule has 0 bridgehead atoms. The highest BCUT2D eigenvalue weighted by molar-refractivity contribution is 7.14. The van der Waals surface area contributed by atoms with Gasteiger partial charge in [-0.2, -0.15) is 0 Å². The topological polar surface area (TPSA) is 60.3 Å². The fourth-order valence-electron chi connectivity index (χ4n) is 4.58.